The van der Waals surface area contributed by atoms with Crippen LogP contribution in [0.2, 0.25) is 0 Å². The predicted molar refractivity (Wildman–Crippen MR) is 47.8 cm³/mol. The van der Waals surface area contributed by atoms with Crippen molar-refractivity contribution >= 4 is 18.2 Å². The average Bonchev–Trinajstić information content (AvgIpc) is 2.69. The van der Waals surface area contributed by atoms with Crippen LogP contribution in [0, 0.1) is 17.3 Å². The van der Waals surface area contributed by atoms with Crippen LogP contribution in [0.4, 0.5) is 0 Å². The van der Waals surface area contributed by atoms with Crippen molar-refractivity contribution in [1.82, 2.24) is 0 Å². The molecule has 0 bridgehead atoms. The Morgan fingerprint density at radius 2 is 2.33 bits per heavy atom. The van der Waals surface area contributed by atoms with Gasteiger partial charge in [0.05, 0.1) is 12.7 Å². The lowest BCUT2D eigenvalue weighted by Gasteiger charge is -2.12. The number of ether oxygens (including phenoxy) is 1. The third kappa shape index (κ3) is 0.948. The molecule has 1 saturated carbocycles. The zero-order valence-electron chi connectivity index (χ0n) is 8.10. The normalized spacial score (nSPS) is 36.5. The highest BCUT2D eigenvalue weighted by atomic mass is 16.5. The number of esters is 1. The Bertz CT molecular complexity index is 383. The molecule has 5 nitrogen and oxygen atoms in total. The van der Waals surface area contributed by atoms with Crippen LogP contribution in [0.25, 0.3) is 0 Å². The summed E-state index contributed by atoms with van der Waals surface area (Å²) in [5, 5.41) is 8.94. The topological polar surface area (TPSA) is 80.7 Å². The summed E-state index contributed by atoms with van der Waals surface area (Å²) in [6, 6.07) is 0. The highest BCUT2D eigenvalue weighted by Gasteiger charge is 2.75. The van der Waals surface area contributed by atoms with E-state index in [4.69, 9.17) is 5.11 Å². The fourth-order valence-electron chi connectivity index (χ4n) is 2.65. The first-order valence-electron chi connectivity index (χ1n) is 4.58. The molecule has 0 spiro atoms. The molecule has 3 atom stereocenters. The molecule has 2 aliphatic rings. The maximum atomic E-state index is 11.6. The predicted octanol–water partition coefficient (Wildman–Crippen LogP) is 0.00540. The van der Waals surface area contributed by atoms with E-state index in [2.05, 4.69) is 4.74 Å². The van der Waals surface area contributed by atoms with E-state index < -0.39 is 23.3 Å². The summed E-state index contributed by atoms with van der Waals surface area (Å²) >= 11 is 0. The van der Waals surface area contributed by atoms with Crippen LogP contribution >= 0.6 is 0 Å². The highest BCUT2D eigenvalue weighted by Crippen LogP contribution is 2.68. The Morgan fingerprint density at radius 3 is 2.73 bits per heavy atom. The third-order valence-corrected chi connectivity index (χ3v) is 3.36. The number of aldehydes is 1. The minimum Gasteiger partial charge on any atom is -0.478 e. The first-order chi connectivity index (χ1) is 7.10. The molecule has 1 fully saturated rings. The molecular formula is C10H10O5. The van der Waals surface area contributed by atoms with Gasteiger partial charge >= 0.3 is 11.9 Å². The maximum Gasteiger partial charge on any atom is 0.332 e. The number of carbonyl (C=O) groups excluding carboxylic acids is 2. The molecule has 0 saturated heterocycles. The van der Waals surface area contributed by atoms with E-state index in [9.17, 15) is 14.4 Å². The Morgan fingerprint density at radius 1 is 1.67 bits per heavy atom. The number of hydrogen-bond acceptors (Lipinski definition) is 4. The molecule has 0 aliphatic heterocycles. The van der Waals surface area contributed by atoms with Crippen LogP contribution < -0.4 is 0 Å². The van der Waals surface area contributed by atoms with E-state index in [1.807, 2.05) is 0 Å². The van der Waals surface area contributed by atoms with E-state index in [0.29, 0.717) is 12.7 Å². The summed E-state index contributed by atoms with van der Waals surface area (Å²) in [6.45, 7) is 0. The van der Waals surface area contributed by atoms with Gasteiger partial charge in [0, 0.05) is 5.92 Å². The third-order valence-electron chi connectivity index (χ3n) is 3.36. The van der Waals surface area contributed by atoms with Gasteiger partial charge in [0.2, 0.25) is 0 Å². The molecule has 0 heterocycles. The van der Waals surface area contributed by atoms with Gasteiger partial charge in [0.15, 0.2) is 0 Å². The van der Waals surface area contributed by atoms with Crippen molar-refractivity contribution in [1.29, 1.82) is 0 Å². The lowest BCUT2D eigenvalue weighted by molar-refractivity contribution is -0.149. The van der Waals surface area contributed by atoms with Crippen molar-refractivity contribution in [3.05, 3.63) is 11.6 Å². The number of carboxylic acid groups (broad SMARTS) is 1. The molecule has 80 valence electrons. The molecule has 0 amide bonds. The number of hydrogen-bond donors (Lipinski definition) is 1. The van der Waals surface area contributed by atoms with Crippen LogP contribution in [0.3, 0.4) is 0 Å². The molecule has 2 aliphatic carbocycles. The highest BCUT2D eigenvalue weighted by molar-refractivity contribution is 6.04. The SMILES string of the molecule is COC(=O)[C@]12C(C(=O)O)=CC[C@H]1[C@H]2C=O. The van der Waals surface area contributed by atoms with Crippen LogP contribution in [-0.2, 0) is 19.1 Å². The Labute approximate surface area is 85.7 Å². The Hall–Kier alpha value is -1.65. The van der Waals surface area contributed by atoms with Gasteiger partial charge < -0.3 is 14.6 Å². The van der Waals surface area contributed by atoms with E-state index in [-0.39, 0.29) is 11.5 Å². The standard InChI is InChI=1S/C10H10O5/c1-15-9(14)10-5(7(10)4-11)2-3-6(10)8(12)13/h3-5,7H,2H2,1H3,(H,12,13)/t5-,7+,10-/m0/s1. The summed E-state index contributed by atoms with van der Waals surface area (Å²) in [5.41, 5.74) is -1.18. The quantitative estimate of drug-likeness (QED) is 0.524. The van der Waals surface area contributed by atoms with E-state index >= 15 is 0 Å². The van der Waals surface area contributed by atoms with Crippen LogP contribution in [0.5, 0.6) is 0 Å². The Balaban J connectivity index is 2.41. The van der Waals surface area contributed by atoms with E-state index in [1.54, 1.807) is 0 Å². The zero-order chi connectivity index (χ0) is 11.2. The summed E-state index contributed by atoms with van der Waals surface area (Å²) in [7, 11) is 1.20. The van der Waals surface area contributed by atoms with Crippen LogP contribution in [0.1, 0.15) is 6.42 Å². The minimum atomic E-state index is -1.19. The molecule has 15 heavy (non-hydrogen) atoms. The fourth-order valence-corrected chi connectivity index (χ4v) is 2.65. The molecule has 2 rings (SSSR count). The van der Waals surface area contributed by atoms with E-state index in [1.165, 1.54) is 13.2 Å². The number of carboxylic acids is 1. The van der Waals surface area contributed by atoms with Gasteiger partial charge in [-0.2, -0.15) is 0 Å². The number of carbonyl (C=O) groups is 3. The van der Waals surface area contributed by atoms with Crippen molar-refractivity contribution < 1.29 is 24.2 Å². The van der Waals surface area contributed by atoms with E-state index in [0.717, 1.165) is 0 Å². The monoisotopic (exact) mass is 210 g/mol. The van der Waals surface area contributed by atoms with Gasteiger partial charge in [-0.15, -0.1) is 0 Å². The van der Waals surface area contributed by atoms with Gasteiger partial charge in [-0.1, -0.05) is 6.08 Å². The van der Waals surface area contributed by atoms with Gasteiger partial charge in [0.1, 0.15) is 11.7 Å². The molecule has 0 aromatic heterocycles. The second-order valence-corrected chi connectivity index (χ2v) is 3.79. The van der Waals surface area contributed by atoms with Crippen LogP contribution in [0.15, 0.2) is 11.6 Å². The van der Waals surface area contributed by atoms with Gasteiger partial charge in [0.25, 0.3) is 0 Å². The van der Waals surface area contributed by atoms with Gasteiger partial charge in [-0.05, 0) is 12.3 Å². The smallest absolute Gasteiger partial charge is 0.332 e. The maximum absolute atomic E-state index is 11.6. The lowest BCUT2D eigenvalue weighted by atomic mass is 9.94. The van der Waals surface area contributed by atoms with Gasteiger partial charge in [-0.25, -0.2) is 4.79 Å². The average molecular weight is 210 g/mol. The fraction of sp³-hybridized carbons (Fsp3) is 0.500. The first kappa shape index (κ1) is 9.89. The second kappa shape index (κ2) is 2.92. The van der Waals surface area contributed by atoms with Crippen molar-refractivity contribution in [2.75, 3.05) is 7.11 Å². The lowest BCUT2D eigenvalue weighted by Crippen LogP contribution is -2.26. The van der Waals surface area contributed by atoms with Crippen LogP contribution in [-0.4, -0.2) is 30.4 Å². The van der Waals surface area contributed by atoms with Crippen molar-refractivity contribution in [2.45, 2.75) is 6.42 Å². The summed E-state index contributed by atoms with van der Waals surface area (Å²) in [4.78, 5) is 33.3. The summed E-state index contributed by atoms with van der Waals surface area (Å²) in [5.74, 6) is -2.50. The molecule has 0 unspecified atom stereocenters. The molecular weight excluding hydrogens is 200 g/mol. The van der Waals surface area contributed by atoms with Crippen molar-refractivity contribution in [3.63, 3.8) is 0 Å². The molecule has 1 N–H and O–H groups in total. The number of methoxy groups -OCH3 is 1. The second-order valence-electron chi connectivity index (χ2n) is 3.79. The summed E-state index contributed by atoms with van der Waals surface area (Å²) < 4.78 is 4.59. The Kier molecular flexibility index (Phi) is 1.92. The number of fused-ring (bicyclic) bond motifs is 1. The molecule has 0 aromatic carbocycles. The zero-order valence-corrected chi connectivity index (χ0v) is 8.10. The molecule has 0 radical (unpaired) electrons. The summed E-state index contributed by atoms with van der Waals surface area (Å²) in [6.07, 6.45) is 2.61. The number of aliphatic carboxylic acids is 1. The van der Waals surface area contributed by atoms with Crippen molar-refractivity contribution in [2.24, 2.45) is 17.3 Å². The largest absolute Gasteiger partial charge is 0.478 e. The van der Waals surface area contributed by atoms with Gasteiger partial charge in [-0.3, -0.25) is 4.79 Å². The minimum absolute atomic E-state index is 0.0106. The molecule has 0 aromatic rings. The number of allylic oxidation sites excluding steroid dienone is 1. The number of rotatable bonds is 3. The van der Waals surface area contributed by atoms with Crippen molar-refractivity contribution in [3.8, 4) is 0 Å². The molecule has 5 heteroatoms. The first-order valence-corrected chi connectivity index (χ1v) is 4.58.